The summed E-state index contributed by atoms with van der Waals surface area (Å²) >= 11 is 0. The molecule has 0 aromatic heterocycles. The van der Waals surface area contributed by atoms with Crippen LogP contribution in [-0.2, 0) is 9.53 Å². The summed E-state index contributed by atoms with van der Waals surface area (Å²) in [7, 11) is 0. The van der Waals surface area contributed by atoms with E-state index >= 15 is 0 Å². The molecule has 3 rings (SSSR count). The number of rotatable bonds is 3. The van der Waals surface area contributed by atoms with Crippen LogP contribution in [0.5, 0.6) is 0 Å². The van der Waals surface area contributed by atoms with Crippen molar-refractivity contribution in [3.8, 4) is 0 Å². The molecule has 102 valence electrons. The summed E-state index contributed by atoms with van der Waals surface area (Å²) in [5.74, 6) is 1.53. The first-order valence-corrected chi connectivity index (χ1v) is 7.81. The molecule has 3 unspecified atom stereocenters. The van der Waals surface area contributed by atoms with E-state index in [-0.39, 0.29) is 17.0 Å². The van der Waals surface area contributed by atoms with Gasteiger partial charge in [0.25, 0.3) is 0 Å². The van der Waals surface area contributed by atoms with Gasteiger partial charge in [-0.25, -0.2) is 0 Å². The number of fused-ring (bicyclic) bond motifs is 2. The van der Waals surface area contributed by atoms with Gasteiger partial charge in [-0.1, -0.05) is 13.3 Å². The zero-order chi connectivity index (χ0) is 12.8. The van der Waals surface area contributed by atoms with Gasteiger partial charge in [-0.05, 0) is 70.1 Å². The van der Waals surface area contributed by atoms with E-state index in [1.54, 1.807) is 0 Å². The van der Waals surface area contributed by atoms with Crippen molar-refractivity contribution in [2.75, 3.05) is 0 Å². The van der Waals surface area contributed by atoms with Gasteiger partial charge in [0.2, 0.25) is 0 Å². The van der Waals surface area contributed by atoms with Gasteiger partial charge in [-0.15, -0.1) is 0 Å². The standard InChI is InChI=1S/C16H26O2/c1-3-16(8-4-5-9-16)18-14(17)15(2)11-12-6-7-13(15)10-12/h12-13H,3-11H2,1-2H3. The normalized spacial score (nSPS) is 41.2. The number of esters is 1. The van der Waals surface area contributed by atoms with E-state index < -0.39 is 0 Å². The summed E-state index contributed by atoms with van der Waals surface area (Å²) in [6, 6.07) is 0. The summed E-state index contributed by atoms with van der Waals surface area (Å²) in [4.78, 5) is 12.7. The second-order valence-corrected chi connectivity index (χ2v) is 7.13. The summed E-state index contributed by atoms with van der Waals surface area (Å²) in [5, 5.41) is 0. The van der Waals surface area contributed by atoms with Crippen LogP contribution in [0.2, 0.25) is 0 Å². The molecule has 3 fully saturated rings. The highest BCUT2D eigenvalue weighted by Crippen LogP contribution is 2.57. The Morgan fingerprint density at radius 3 is 2.50 bits per heavy atom. The van der Waals surface area contributed by atoms with Gasteiger partial charge in [0.15, 0.2) is 0 Å². The maximum absolute atomic E-state index is 12.7. The van der Waals surface area contributed by atoms with E-state index in [4.69, 9.17) is 4.74 Å². The number of carbonyl (C=O) groups is 1. The molecule has 18 heavy (non-hydrogen) atoms. The summed E-state index contributed by atoms with van der Waals surface area (Å²) in [5.41, 5.74) is -0.268. The molecule has 2 heteroatoms. The monoisotopic (exact) mass is 250 g/mol. The Morgan fingerprint density at radius 2 is 2.00 bits per heavy atom. The fourth-order valence-electron chi connectivity index (χ4n) is 4.72. The molecule has 3 saturated carbocycles. The number of carbonyl (C=O) groups excluding carboxylic acids is 1. The number of ether oxygens (including phenoxy) is 1. The molecule has 0 amide bonds. The summed E-state index contributed by atoms with van der Waals surface area (Å²) < 4.78 is 6.05. The highest BCUT2D eigenvalue weighted by atomic mass is 16.6. The first-order valence-electron chi connectivity index (χ1n) is 7.81. The smallest absolute Gasteiger partial charge is 0.312 e. The van der Waals surface area contributed by atoms with Crippen molar-refractivity contribution in [3.05, 3.63) is 0 Å². The average molecular weight is 250 g/mol. The largest absolute Gasteiger partial charge is 0.459 e. The van der Waals surface area contributed by atoms with Crippen LogP contribution in [0.4, 0.5) is 0 Å². The Morgan fingerprint density at radius 1 is 1.28 bits per heavy atom. The van der Waals surface area contributed by atoms with Gasteiger partial charge in [0.05, 0.1) is 5.41 Å². The van der Waals surface area contributed by atoms with Crippen LogP contribution in [0.15, 0.2) is 0 Å². The average Bonchev–Trinajstić information content (AvgIpc) is 3.04. The Balaban J connectivity index is 1.71. The van der Waals surface area contributed by atoms with Crippen molar-refractivity contribution in [3.63, 3.8) is 0 Å². The highest BCUT2D eigenvalue weighted by molar-refractivity contribution is 5.78. The first-order chi connectivity index (χ1) is 8.58. The van der Waals surface area contributed by atoms with Crippen LogP contribution < -0.4 is 0 Å². The molecule has 0 aromatic carbocycles. The molecule has 0 heterocycles. The third kappa shape index (κ3) is 1.80. The lowest BCUT2D eigenvalue weighted by atomic mass is 9.74. The van der Waals surface area contributed by atoms with Crippen LogP contribution in [0.3, 0.4) is 0 Å². The third-order valence-corrected chi connectivity index (χ3v) is 6.09. The Kier molecular flexibility index (Phi) is 2.95. The van der Waals surface area contributed by atoms with E-state index in [9.17, 15) is 4.79 Å². The second kappa shape index (κ2) is 4.25. The zero-order valence-electron chi connectivity index (χ0n) is 11.8. The van der Waals surface area contributed by atoms with Crippen LogP contribution in [0.25, 0.3) is 0 Å². The molecule has 3 aliphatic carbocycles. The minimum absolute atomic E-state index is 0.109. The van der Waals surface area contributed by atoms with Gasteiger partial charge >= 0.3 is 5.97 Å². The maximum atomic E-state index is 12.7. The molecule has 3 atom stereocenters. The second-order valence-electron chi connectivity index (χ2n) is 7.13. The van der Waals surface area contributed by atoms with E-state index in [0.29, 0.717) is 5.92 Å². The Labute approximate surface area is 110 Å². The molecular formula is C16H26O2. The molecule has 2 bridgehead atoms. The summed E-state index contributed by atoms with van der Waals surface area (Å²) in [6.07, 6.45) is 10.5. The Hall–Kier alpha value is -0.530. The van der Waals surface area contributed by atoms with Crippen LogP contribution in [-0.4, -0.2) is 11.6 Å². The first kappa shape index (κ1) is 12.5. The predicted octanol–water partition coefficient (Wildman–Crippen LogP) is 4.08. The van der Waals surface area contributed by atoms with Crippen molar-refractivity contribution >= 4 is 5.97 Å². The molecule has 0 N–H and O–H groups in total. The van der Waals surface area contributed by atoms with Gasteiger partial charge in [0.1, 0.15) is 5.60 Å². The van der Waals surface area contributed by atoms with E-state index in [1.165, 1.54) is 32.1 Å². The van der Waals surface area contributed by atoms with Gasteiger partial charge < -0.3 is 4.74 Å². The molecule has 0 spiro atoms. The fourth-order valence-corrected chi connectivity index (χ4v) is 4.72. The van der Waals surface area contributed by atoms with Crippen LogP contribution in [0, 0.1) is 17.3 Å². The van der Waals surface area contributed by atoms with Crippen molar-refractivity contribution in [1.29, 1.82) is 0 Å². The molecule has 0 radical (unpaired) electrons. The SMILES string of the molecule is CCC1(OC(=O)C2(C)CC3CCC2C3)CCCC1. The predicted molar refractivity (Wildman–Crippen MR) is 71.1 cm³/mol. The molecule has 2 nitrogen and oxygen atoms in total. The van der Waals surface area contributed by atoms with Gasteiger partial charge in [-0.3, -0.25) is 4.79 Å². The minimum Gasteiger partial charge on any atom is -0.459 e. The van der Waals surface area contributed by atoms with Crippen LogP contribution in [0.1, 0.15) is 71.6 Å². The van der Waals surface area contributed by atoms with Gasteiger partial charge in [0, 0.05) is 0 Å². The van der Waals surface area contributed by atoms with E-state index in [2.05, 4.69) is 13.8 Å². The highest BCUT2D eigenvalue weighted by Gasteiger charge is 2.54. The van der Waals surface area contributed by atoms with Crippen molar-refractivity contribution in [2.45, 2.75) is 77.2 Å². The fraction of sp³-hybridized carbons (Fsp3) is 0.938. The lowest BCUT2D eigenvalue weighted by Gasteiger charge is -2.36. The minimum atomic E-state index is -0.159. The van der Waals surface area contributed by atoms with Crippen molar-refractivity contribution in [2.24, 2.45) is 17.3 Å². The molecule has 0 aliphatic heterocycles. The van der Waals surface area contributed by atoms with E-state index in [0.717, 1.165) is 31.6 Å². The number of hydrogen-bond acceptors (Lipinski definition) is 2. The van der Waals surface area contributed by atoms with Crippen molar-refractivity contribution < 1.29 is 9.53 Å². The molecular weight excluding hydrogens is 224 g/mol. The molecule has 0 saturated heterocycles. The van der Waals surface area contributed by atoms with Gasteiger partial charge in [-0.2, -0.15) is 0 Å². The molecule has 0 aromatic rings. The third-order valence-electron chi connectivity index (χ3n) is 6.09. The zero-order valence-corrected chi connectivity index (χ0v) is 11.8. The maximum Gasteiger partial charge on any atom is 0.312 e. The number of hydrogen-bond donors (Lipinski definition) is 0. The summed E-state index contributed by atoms with van der Waals surface area (Å²) in [6.45, 7) is 4.33. The van der Waals surface area contributed by atoms with Crippen LogP contribution >= 0.6 is 0 Å². The molecule has 3 aliphatic rings. The topological polar surface area (TPSA) is 26.3 Å². The lowest BCUT2D eigenvalue weighted by Crippen LogP contribution is -2.41. The van der Waals surface area contributed by atoms with E-state index in [1.807, 2.05) is 0 Å². The lowest BCUT2D eigenvalue weighted by molar-refractivity contribution is -0.174. The Bertz CT molecular complexity index is 343. The quantitative estimate of drug-likeness (QED) is 0.705. The van der Waals surface area contributed by atoms with Crippen molar-refractivity contribution in [1.82, 2.24) is 0 Å².